The SMILES string of the molecule is CCNC(c1ccc(Cl)c(Cl)c1)C1CC1C. The minimum atomic E-state index is 0.426. The number of hydrogen-bond donors (Lipinski definition) is 1. The van der Waals surface area contributed by atoms with Gasteiger partial charge in [0.25, 0.3) is 0 Å². The standard InChI is InChI=1S/C13H17Cl2N/c1-3-16-13(10-6-8(10)2)9-4-5-11(14)12(15)7-9/h4-5,7-8,10,13,16H,3,6H2,1-2H3. The number of nitrogens with one attached hydrogen (secondary N) is 1. The average molecular weight is 258 g/mol. The van der Waals surface area contributed by atoms with Gasteiger partial charge < -0.3 is 5.32 Å². The minimum Gasteiger partial charge on any atom is -0.310 e. The molecule has 0 heterocycles. The Balaban J connectivity index is 2.21. The van der Waals surface area contributed by atoms with E-state index in [0.29, 0.717) is 16.1 Å². The van der Waals surface area contributed by atoms with Gasteiger partial charge in [-0.3, -0.25) is 0 Å². The van der Waals surface area contributed by atoms with E-state index in [1.165, 1.54) is 12.0 Å². The third-order valence-corrected chi connectivity index (χ3v) is 4.07. The first-order valence-electron chi connectivity index (χ1n) is 5.81. The molecule has 16 heavy (non-hydrogen) atoms. The van der Waals surface area contributed by atoms with E-state index in [1.54, 1.807) is 0 Å². The average Bonchev–Trinajstić information content (AvgIpc) is 2.96. The molecule has 0 radical (unpaired) electrons. The van der Waals surface area contributed by atoms with Crippen LogP contribution in [0.4, 0.5) is 0 Å². The van der Waals surface area contributed by atoms with Gasteiger partial charge in [0.05, 0.1) is 10.0 Å². The largest absolute Gasteiger partial charge is 0.310 e. The van der Waals surface area contributed by atoms with Crippen molar-refractivity contribution in [3.05, 3.63) is 33.8 Å². The Hall–Kier alpha value is -0.240. The van der Waals surface area contributed by atoms with Gasteiger partial charge in [-0.05, 0) is 42.5 Å². The van der Waals surface area contributed by atoms with Crippen LogP contribution in [0.2, 0.25) is 10.0 Å². The maximum atomic E-state index is 6.06. The molecule has 1 aromatic carbocycles. The molecular formula is C13H17Cl2N. The zero-order valence-corrected chi connectivity index (χ0v) is 11.1. The highest BCUT2D eigenvalue weighted by molar-refractivity contribution is 6.42. The highest BCUT2D eigenvalue weighted by atomic mass is 35.5. The van der Waals surface area contributed by atoms with Crippen LogP contribution in [0.3, 0.4) is 0 Å². The summed E-state index contributed by atoms with van der Waals surface area (Å²) in [6.07, 6.45) is 1.30. The van der Waals surface area contributed by atoms with Gasteiger partial charge >= 0.3 is 0 Å². The molecule has 1 aliphatic rings. The summed E-state index contributed by atoms with van der Waals surface area (Å²) in [5.41, 5.74) is 1.26. The Kier molecular flexibility index (Phi) is 3.78. The van der Waals surface area contributed by atoms with Crippen LogP contribution in [-0.4, -0.2) is 6.54 Å². The minimum absolute atomic E-state index is 0.426. The fourth-order valence-electron chi connectivity index (χ4n) is 2.26. The van der Waals surface area contributed by atoms with Gasteiger partial charge in [0, 0.05) is 6.04 Å². The highest BCUT2D eigenvalue weighted by Gasteiger charge is 2.39. The van der Waals surface area contributed by atoms with Crippen LogP contribution < -0.4 is 5.32 Å². The van der Waals surface area contributed by atoms with Crippen molar-refractivity contribution >= 4 is 23.2 Å². The lowest BCUT2D eigenvalue weighted by Crippen LogP contribution is -2.23. The van der Waals surface area contributed by atoms with E-state index in [4.69, 9.17) is 23.2 Å². The first kappa shape index (κ1) is 12.2. The van der Waals surface area contributed by atoms with Crippen molar-refractivity contribution in [2.45, 2.75) is 26.3 Å². The van der Waals surface area contributed by atoms with Gasteiger partial charge in [0.2, 0.25) is 0 Å². The molecule has 0 amide bonds. The van der Waals surface area contributed by atoms with Crippen molar-refractivity contribution in [2.24, 2.45) is 11.8 Å². The molecule has 1 N–H and O–H groups in total. The molecule has 3 heteroatoms. The van der Waals surface area contributed by atoms with Crippen LogP contribution >= 0.6 is 23.2 Å². The Morgan fingerprint density at radius 2 is 2.06 bits per heavy atom. The summed E-state index contributed by atoms with van der Waals surface area (Å²) in [6.45, 7) is 5.41. The summed E-state index contributed by atoms with van der Waals surface area (Å²) in [7, 11) is 0. The third kappa shape index (κ3) is 2.53. The molecule has 1 fully saturated rings. The van der Waals surface area contributed by atoms with Crippen molar-refractivity contribution in [3.63, 3.8) is 0 Å². The quantitative estimate of drug-likeness (QED) is 0.849. The van der Waals surface area contributed by atoms with E-state index in [9.17, 15) is 0 Å². The fourth-order valence-corrected chi connectivity index (χ4v) is 2.56. The van der Waals surface area contributed by atoms with Gasteiger partial charge in [-0.25, -0.2) is 0 Å². The number of benzene rings is 1. The third-order valence-electron chi connectivity index (χ3n) is 3.33. The Morgan fingerprint density at radius 1 is 1.38 bits per heavy atom. The summed E-state index contributed by atoms with van der Waals surface area (Å²) in [4.78, 5) is 0. The Labute approximate surface area is 107 Å². The van der Waals surface area contributed by atoms with Crippen LogP contribution in [0.5, 0.6) is 0 Å². The molecule has 2 rings (SSSR count). The first-order chi connectivity index (χ1) is 7.63. The fraction of sp³-hybridized carbons (Fsp3) is 0.538. The molecule has 0 saturated heterocycles. The monoisotopic (exact) mass is 257 g/mol. The second-order valence-corrected chi connectivity index (χ2v) is 5.40. The van der Waals surface area contributed by atoms with E-state index in [0.717, 1.165) is 18.4 Å². The number of hydrogen-bond acceptors (Lipinski definition) is 1. The molecule has 88 valence electrons. The van der Waals surface area contributed by atoms with Crippen molar-refractivity contribution in [1.82, 2.24) is 5.32 Å². The molecule has 0 bridgehead atoms. The lowest BCUT2D eigenvalue weighted by molar-refractivity contribution is 0.476. The van der Waals surface area contributed by atoms with E-state index in [-0.39, 0.29) is 0 Å². The van der Waals surface area contributed by atoms with E-state index >= 15 is 0 Å². The van der Waals surface area contributed by atoms with Gasteiger partial charge in [-0.2, -0.15) is 0 Å². The molecule has 1 aliphatic carbocycles. The second-order valence-electron chi connectivity index (χ2n) is 4.59. The topological polar surface area (TPSA) is 12.0 Å². The van der Waals surface area contributed by atoms with E-state index in [2.05, 4.69) is 25.2 Å². The molecule has 1 aromatic rings. The molecule has 1 saturated carbocycles. The van der Waals surface area contributed by atoms with Crippen LogP contribution in [-0.2, 0) is 0 Å². The lowest BCUT2D eigenvalue weighted by atomic mass is 10.0. The van der Waals surface area contributed by atoms with Crippen LogP contribution in [0.1, 0.15) is 31.9 Å². The van der Waals surface area contributed by atoms with Crippen molar-refractivity contribution in [2.75, 3.05) is 6.54 Å². The summed E-state index contributed by atoms with van der Waals surface area (Å²) < 4.78 is 0. The molecule has 0 aromatic heterocycles. The Morgan fingerprint density at radius 3 is 2.56 bits per heavy atom. The summed E-state index contributed by atoms with van der Waals surface area (Å²) in [6, 6.07) is 6.38. The second kappa shape index (κ2) is 4.95. The van der Waals surface area contributed by atoms with Gasteiger partial charge in [-0.1, -0.05) is 43.1 Å². The highest BCUT2D eigenvalue weighted by Crippen LogP contribution is 2.47. The molecule has 1 nitrogen and oxygen atoms in total. The lowest BCUT2D eigenvalue weighted by Gasteiger charge is -2.18. The number of rotatable bonds is 4. The van der Waals surface area contributed by atoms with Crippen LogP contribution in [0.25, 0.3) is 0 Å². The van der Waals surface area contributed by atoms with E-state index < -0.39 is 0 Å². The smallest absolute Gasteiger partial charge is 0.0595 e. The van der Waals surface area contributed by atoms with Gasteiger partial charge in [0.1, 0.15) is 0 Å². The zero-order valence-electron chi connectivity index (χ0n) is 9.63. The molecular weight excluding hydrogens is 241 g/mol. The molecule has 0 spiro atoms. The van der Waals surface area contributed by atoms with Crippen LogP contribution in [0, 0.1) is 11.8 Å². The van der Waals surface area contributed by atoms with Crippen molar-refractivity contribution in [1.29, 1.82) is 0 Å². The van der Waals surface area contributed by atoms with Gasteiger partial charge in [0.15, 0.2) is 0 Å². The summed E-state index contributed by atoms with van der Waals surface area (Å²) >= 11 is 12.0. The molecule has 3 atom stereocenters. The van der Waals surface area contributed by atoms with Crippen molar-refractivity contribution < 1.29 is 0 Å². The van der Waals surface area contributed by atoms with Gasteiger partial charge in [-0.15, -0.1) is 0 Å². The molecule has 0 aliphatic heterocycles. The zero-order chi connectivity index (χ0) is 11.7. The number of halogens is 2. The summed E-state index contributed by atoms with van der Waals surface area (Å²) in [5, 5.41) is 4.81. The predicted molar refractivity (Wildman–Crippen MR) is 70.2 cm³/mol. The summed E-state index contributed by atoms with van der Waals surface area (Å²) in [5.74, 6) is 1.57. The van der Waals surface area contributed by atoms with Crippen molar-refractivity contribution in [3.8, 4) is 0 Å². The maximum Gasteiger partial charge on any atom is 0.0595 e. The Bertz CT molecular complexity index is 378. The molecule has 3 unspecified atom stereocenters. The normalized spacial score (nSPS) is 25.5. The first-order valence-corrected chi connectivity index (χ1v) is 6.57. The van der Waals surface area contributed by atoms with Crippen LogP contribution in [0.15, 0.2) is 18.2 Å². The maximum absolute atomic E-state index is 6.06. The van der Waals surface area contributed by atoms with E-state index in [1.807, 2.05) is 12.1 Å². The predicted octanol–water partition coefficient (Wildman–Crippen LogP) is 4.30.